The van der Waals surface area contributed by atoms with Gasteiger partial charge in [-0.1, -0.05) is 30.3 Å². The van der Waals surface area contributed by atoms with E-state index in [1.807, 2.05) is 36.4 Å². The van der Waals surface area contributed by atoms with Gasteiger partial charge in [-0.2, -0.15) is 5.26 Å². The van der Waals surface area contributed by atoms with Gasteiger partial charge in [0, 0.05) is 3.57 Å². The Hall–Kier alpha value is -2.96. The van der Waals surface area contributed by atoms with Crippen molar-refractivity contribution in [3.05, 3.63) is 109 Å². The van der Waals surface area contributed by atoms with E-state index in [0.717, 1.165) is 14.7 Å². The van der Waals surface area contributed by atoms with Crippen LogP contribution in [0.5, 0.6) is 5.75 Å². The van der Waals surface area contributed by atoms with Crippen LogP contribution in [0.25, 0.3) is 6.08 Å². The van der Waals surface area contributed by atoms with E-state index in [1.54, 1.807) is 18.2 Å². The standard InChI is InChI=1S/C26H19BrFIN2O2/c1-2-5-19-12-18(13-20(15-30)26(32)31-24-7-4-3-6-23(24)28)14-22(27)25(19)33-16-17-8-10-21(29)11-9-17/h2-4,6-14H,1,5,16H2,(H,31,32)/b20-13-. The molecule has 0 fully saturated rings. The Morgan fingerprint density at radius 1 is 1.21 bits per heavy atom. The molecule has 33 heavy (non-hydrogen) atoms. The van der Waals surface area contributed by atoms with Gasteiger partial charge in [0.05, 0.1) is 10.2 Å². The highest BCUT2D eigenvalue weighted by molar-refractivity contribution is 14.1. The molecule has 166 valence electrons. The minimum absolute atomic E-state index is 0.0107. The molecule has 0 aliphatic carbocycles. The van der Waals surface area contributed by atoms with Gasteiger partial charge in [0.1, 0.15) is 29.8 Å². The van der Waals surface area contributed by atoms with E-state index in [2.05, 4.69) is 50.4 Å². The molecule has 3 aromatic carbocycles. The lowest BCUT2D eigenvalue weighted by Gasteiger charge is -2.14. The second-order valence-electron chi connectivity index (χ2n) is 7.00. The maximum Gasteiger partial charge on any atom is 0.266 e. The molecule has 0 aliphatic rings. The van der Waals surface area contributed by atoms with Crippen LogP contribution in [0.4, 0.5) is 10.1 Å². The van der Waals surface area contributed by atoms with E-state index in [4.69, 9.17) is 4.74 Å². The van der Waals surface area contributed by atoms with Crippen LogP contribution in [-0.4, -0.2) is 5.91 Å². The third-order valence-electron chi connectivity index (χ3n) is 4.60. The van der Waals surface area contributed by atoms with Crippen molar-refractivity contribution in [3.8, 4) is 11.8 Å². The number of hydrogen-bond donors (Lipinski definition) is 1. The van der Waals surface area contributed by atoms with Crippen molar-refractivity contribution in [3.63, 3.8) is 0 Å². The van der Waals surface area contributed by atoms with Crippen molar-refractivity contribution in [2.75, 3.05) is 5.32 Å². The van der Waals surface area contributed by atoms with Crippen LogP contribution in [0.3, 0.4) is 0 Å². The molecule has 0 saturated heterocycles. The lowest BCUT2D eigenvalue weighted by atomic mass is 10.0. The first-order valence-electron chi connectivity index (χ1n) is 9.89. The molecule has 3 aromatic rings. The Kier molecular flexibility index (Phi) is 8.80. The number of carbonyl (C=O) groups excluding carboxylic acids is 1. The lowest BCUT2D eigenvalue weighted by molar-refractivity contribution is -0.112. The smallest absolute Gasteiger partial charge is 0.266 e. The molecule has 4 nitrogen and oxygen atoms in total. The number of rotatable bonds is 8. The van der Waals surface area contributed by atoms with Gasteiger partial charge < -0.3 is 10.1 Å². The zero-order valence-corrected chi connectivity index (χ0v) is 21.2. The summed E-state index contributed by atoms with van der Waals surface area (Å²) in [6.45, 7) is 4.20. The number of nitrogens with one attached hydrogen (secondary N) is 1. The SMILES string of the molecule is C=CCc1cc(/C=C(/C#N)C(=O)Nc2ccccc2F)cc(Br)c1OCc1ccc(I)cc1. The summed E-state index contributed by atoms with van der Waals surface area (Å²) in [7, 11) is 0. The summed E-state index contributed by atoms with van der Waals surface area (Å²) in [5.74, 6) is -0.600. The molecule has 3 rings (SSSR count). The predicted octanol–water partition coefficient (Wildman–Crippen LogP) is 7.05. The fourth-order valence-corrected chi connectivity index (χ4v) is 4.02. The van der Waals surface area contributed by atoms with Gasteiger partial charge in [0.2, 0.25) is 0 Å². The molecule has 0 atom stereocenters. The van der Waals surface area contributed by atoms with Crippen LogP contribution in [0.2, 0.25) is 0 Å². The van der Waals surface area contributed by atoms with Gasteiger partial charge in [-0.05, 0) is 104 Å². The van der Waals surface area contributed by atoms with E-state index >= 15 is 0 Å². The second-order valence-corrected chi connectivity index (χ2v) is 9.10. The Labute approximate surface area is 214 Å². The summed E-state index contributed by atoms with van der Waals surface area (Å²) in [5, 5.41) is 11.9. The van der Waals surface area contributed by atoms with Gasteiger partial charge in [-0.3, -0.25) is 4.79 Å². The van der Waals surface area contributed by atoms with E-state index in [0.29, 0.717) is 28.8 Å². The largest absolute Gasteiger partial charge is 0.487 e. The summed E-state index contributed by atoms with van der Waals surface area (Å²) in [4.78, 5) is 12.5. The fraction of sp³-hybridized carbons (Fsp3) is 0.0769. The molecule has 0 heterocycles. The van der Waals surface area contributed by atoms with Gasteiger partial charge >= 0.3 is 0 Å². The molecule has 0 aliphatic heterocycles. The third kappa shape index (κ3) is 6.76. The van der Waals surface area contributed by atoms with Crippen LogP contribution < -0.4 is 10.1 Å². The number of para-hydroxylation sites is 1. The minimum Gasteiger partial charge on any atom is -0.487 e. The third-order valence-corrected chi connectivity index (χ3v) is 5.91. The van der Waals surface area contributed by atoms with Crippen molar-refractivity contribution in [2.45, 2.75) is 13.0 Å². The molecule has 1 amide bonds. The Balaban J connectivity index is 1.86. The highest BCUT2D eigenvalue weighted by Gasteiger charge is 2.14. The highest BCUT2D eigenvalue weighted by atomic mass is 127. The Morgan fingerprint density at radius 2 is 1.94 bits per heavy atom. The van der Waals surface area contributed by atoms with Crippen molar-refractivity contribution < 1.29 is 13.9 Å². The maximum atomic E-state index is 13.8. The number of carbonyl (C=O) groups is 1. The van der Waals surface area contributed by atoms with Gasteiger partial charge in [0.15, 0.2) is 0 Å². The number of amides is 1. The van der Waals surface area contributed by atoms with E-state index in [1.165, 1.54) is 24.3 Å². The number of nitriles is 1. The van der Waals surface area contributed by atoms with Gasteiger partial charge in [-0.25, -0.2) is 4.39 Å². The van der Waals surface area contributed by atoms with Crippen LogP contribution >= 0.6 is 38.5 Å². The molecule has 7 heteroatoms. The predicted molar refractivity (Wildman–Crippen MR) is 140 cm³/mol. The molecule has 0 radical (unpaired) electrons. The quantitative estimate of drug-likeness (QED) is 0.128. The first kappa shape index (κ1) is 24.7. The number of allylic oxidation sites excluding steroid dienone is 1. The van der Waals surface area contributed by atoms with Crippen LogP contribution in [0, 0.1) is 20.7 Å². The first-order chi connectivity index (χ1) is 15.9. The zero-order chi connectivity index (χ0) is 23.8. The van der Waals surface area contributed by atoms with E-state index in [9.17, 15) is 14.4 Å². The van der Waals surface area contributed by atoms with E-state index in [-0.39, 0.29) is 11.3 Å². The van der Waals surface area contributed by atoms with E-state index < -0.39 is 11.7 Å². The van der Waals surface area contributed by atoms with Crippen molar-refractivity contribution in [1.29, 1.82) is 5.26 Å². The Morgan fingerprint density at radius 3 is 2.61 bits per heavy atom. The van der Waals surface area contributed by atoms with Crippen LogP contribution in [0.1, 0.15) is 16.7 Å². The lowest BCUT2D eigenvalue weighted by Crippen LogP contribution is -2.14. The molecule has 1 N–H and O–H groups in total. The molecule has 0 spiro atoms. The summed E-state index contributed by atoms with van der Waals surface area (Å²) in [6, 6.07) is 19.3. The molecular weight excluding hydrogens is 598 g/mol. The number of hydrogen-bond acceptors (Lipinski definition) is 3. The van der Waals surface area contributed by atoms with Crippen molar-refractivity contribution >= 4 is 56.2 Å². The number of benzene rings is 3. The molecule has 0 saturated carbocycles. The number of ether oxygens (including phenoxy) is 1. The molecule has 0 unspecified atom stereocenters. The normalized spacial score (nSPS) is 10.9. The number of halogens is 3. The average molecular weight is 617 g/mol. The summed E-state index contributed by atoms with van der Waals surface area (Å²) in [5.41, 5.74) is 2.37. The maximum absolute atomic E-state index is 13.8. The number of anilines is 1. The Bertz CT molecular complexity index is 1250. The first-order valence-corrected chi connectivity index (χ1v) is 11.8. The van der Waals surface area contributed by atoms with Crippen LogP contribution in [0.15, 0.2) is 83.4 Å². The topological polar surface area (TPSA) is 62.1 Å². The number of nitrogens with zero attached hydrogens (tertiary/aromatic N) is 1. The summed E-state index contributed by atoms with van der Waals surface area (Å²) in [6.07, 6.45) is 3.74. The average Bonchev–Trinajstić information content (AvgIpc) is 2.79. The highest BCUT2D eigenvalue weighted by Crippen LogP contribution is 2.33. The monoisotopic (exact) mass is 616 g/mol. The van der Waals surface area contributed by atoms with Crippen molar-refractivity contribution in [1.82, 2.24) is 0 Å². The summed E-state index contributed by atoms with van der Waals surface area (Å²) >= 11 is 5.79. The summed E-state index contributed by atoms with van der Waals surface area (Å²) < 4.78 is 21.7. The molecule has 0 bridgehead atoms. The second kappa shape index (κ2) is 11.8. The zero-order valence-electron chi connectivity index (χ0n) is 17.4. The van der Waals surface area contributed by atoms with Crippen molar-refractivity contribution in [2.24, 2.45) is 0 Å². The van der Waals surface area contributed by atoms with Crippen LogP contribution in [-0.2, 0) is 17.8 Å². The fourth-order valence-electron chi connectivity index (χ4n) is 3.03. The van der Waals surface area contributed by atoms with Gasteiger partial charge in [0.25, 0.3) is 5.91 Å². The minimum atomic E-state index is -0.692. The molecule has 0 aromatic heterocycles. The molecular formula is C26H19BrFIN2O2. The van der Waals surface area contributed by atoms with Gasteiger partial charge in [-0.15, -0.1) is 6.58 Å².